The van der Waals surface area contributed by atoms with Gasteiger partial charge in [0.25, 0.3) is 0 Å². The molecule has 0 N–H and O–H groups in total. The van der Waals surface area contributed by atoms with Crippen LogP contribution < -0.4 is 0 Å². The molecule has 0 aliphatic heterocycles. The zero-order chi connectivity index (χ0) is 12.1. The lowest BCUT2D eigenvalue weighted by Crippen LogP contribution is -2.03. The van der Waals surface area contributed by atoms with Crippen LogP contribution in [0.25, 0.3) is 5.57 Å². The summed E-state index contributed by atoms with van der Waals surface area (Å²) in [4.78, 5) is 11.5. The Balaban J connectivity index is 3.28. The summed E-state index contributed by atoms with van der Waals surface area (Å²) in [6, 6.07) is 5.64. The number of carbonyl (C=O) groups is 1. The average molecular weight is 220 g/mol. The van der Waals surface area contributed by atoms with Crippen molar-refractivity contribution >= 4 is 11.5 Å². The lowest BCUT2D eigenvalue weighted by atomic mass is 10.1. The van der Waals surface area contributed by atoms with E-state index in [0.717, 1.165) is 5.57 Å². The predicted octanol–water partition coefficient (Wildman–Crippen LogP) is 2.95. The highest BCUT2D eigenvalue weighted by Gasteiger charge is 2.11. The van der Waals surface area contributed by atoms with Gasteiger partial charge < -0.3 is 4.74 Å². The second-order valence-electron chi connectivity index (χ2n) is 3.50. The Kier molecular flexibility index (Phi) is 4.03. The van der Waals surface area contributed by atoms with Gasteiger partial charge in [0.05, 0.1) is 7.11 Å². The molecule has 0 aliphatic rings. The highest BCUT2D eigenvalue weighted by molar-refractivity contribution is 6.16. The van der Waals surface area contributed by atoms with Crippen LogP contribution in [0.4, 0.5) is 4.39 Å². The number of carbonyl (C=O) groups excluding carboxylic acids is 1. The summed E-state index contributed by atoms with van der Waals surface area (Å²) in [6.07, 6.45) is 0. The minimum absolute atomic E-state index is 0.308. The van der Waals surface area contributed by atoms with E-state index in [-0.39, 0.29) is 5.82 Å². The molecule has 0 aromatic heterocycles. The topological polar surface area (TPSA) is 26.3 Å². The molecule has 0 amide bonds. The highest BCUT2D eigenvalue weighted by atomic mass is 19.1. The van der Waals surface area contributed by atoms with E-state index < -0.39 is 5.97 Å². The molecule has 0 radical (unpaired) electrons. The van der Waals surface area contributed by atoms with Gasteiger partial charge in [0.15, 0.2) is 0 Å². The molecule has 0 aliphatic carbocycles. The van der Waals surface area contributed by atoms with Crippen molar-refractivity contribution in [2.75, 3.05) is 7.11 Å². The molecular weight excluding hydrogens is 207 g/mol. The van der Waals surface area contributed by atoms with Crippen LogP contribution in [-0.2, 0) is 9.53 Å². The maximum atomic E-state index is 12.7. The minimum Gasteiger partial charge on any atom is -0.465 e. The van der Waals surface area contributed by atoms with Crippen molar-refractivity contribution in [1.82, 2.24) is 0 Å². The largest absolute Gasteiger partial charge is 0.465 e. The smallest absolute Gasteiger partial charge is 0.346 e. The van der Waals surface area contributed by atoms with Crippen molar-refractivity contribution in [3.63, 3.8) is 0 Å². The first-order valence-electron chi connectivity index (χ1n) is 4.83. The lowest BCUT2D eigenvalue weighted by molar-refractivity contribution is -0.133. The van der Waals surface area contributed by atoms with Crippen molar-refractivity contribution in [1.29, 1.82) is 0 Å². The average Bonchev–Trinajstić information content (AvgIpc) is 2.26. The molecule has 1 rings (SSSR count). The number of halogens is 1. The molecule has 0 bridgehead atoms. The van der Waals surface area contributed by atoms with Crippen molar-refractivity contribution in [2.45, 2.75) is 13.8 Å². The van der Waals surface area contributed by atoms with Gasteiger partial charge in [0.1, 0.15) is 11.4 Å². The van der Waals surface area contributed by atoms with Gasteiger partial charge in [-0.05, 0) is 37.1 Å². The lowest BCUT2D eigenvalue weighted by Gasteiger charge is -2.03. The number of methoxy groups -OCH3 is 1. The first-order chi connectivity index (χ1) is 7.54. The molecule has 0 saturated heterocycles. The van der Waals surface area contributed by atoms with Crippen molar-refractivity contribution in [2.24, 2.45) is 0 Å². The van der Waals surface area contributed by atoms with Gasteiger partial charge in [-0.2, -0.15) is 0 Å². The molecule has 16 heavy (non-hydrogen) atoms. The first kappa shape index (κ1) is 12.2. The maximum absolute atomic E-state index is 12.7. The Morgan fingerprint density at radius 1 is 1.25 bits per heavy atom. The van der Waals surface area contributed by atoms with Crippen LogP contribution >= 0.6 is 0 Å². The fourth-order valence-corrected chi connectivity index (χ4v) is 1.21. The number of benzene rings is 1. The Morgan fingerprint density at radius 3 is 2.25 bits per heavy atom. The van der Waals surface area contributed by atoms with Crippen molar-refractivity contribution < 1.29 is 13.9 Å². The zero-order valence-corrected chi connectivity index (χ0v) is 9.50. The van der Waals surface area contributed by atoms with Gasteiger partial charge in [-0.3, -0.25) is 0 Å². The molecule has 84 valence electrons. The third-order valence-electron chi connectivity index (χ3n) is 1.90. The number of hydrogen-bond acceptors (Lipinski definition) is 2. The molecule has 3 heteroatoms. The maximum Gasteiger partial charge on any atom is 0.346 e. The quantitative estimate of drug-likeness (QED) is 0.435. The second kappa shape index (κ2) is 5.29. The molecule has 1 aromatic carbocycles. The number of hydrogen-bond donors (Lipinski definition) is 0. The van der Waals surface area contributed by atoms with Crippen LogP contribution in [0.5, 0.6) is 0 Å². The van der Waals surface area contributed by atoms with Crippen LogP contribution in [0, 0.1) is 5.82 Å². The molecule has 0 heterocycles. The van der Waals surface area contributed by atoms with Crippen LogP contribution in [0.15, 0.2) is 35.6 Å². The number of ether oxygens (including phenoxy) is 1. The summed E-state index contributed by atoms with van der Waals surface area (Å²) in [5, 5.41) is 0. The van der Waals surface area contributed by atoms with E-state index in [1.807, 2.05) is 13.8 Å². The molecule has 0 saturated carbocycles. The molecule has 2 nitrogen and oxygen atoms in total. The summed E-state index contributed by atoms with van der Waals surface area (Å²) in [6.45, 7) is 3.65. The standard InChI is InChI=1S/C13H13FO2/c1-9(2)8-12(13(15)16-3)10-4-6-11(14)7-5-10/h4-7H,1-3H3. The molecule has 0 spiro atoms. The third kappa shape index (κ3) is 3.07. The Hall–Kier alpha value is -1.86. The Morgan fingerprint density at radius 2 is 1.81 bits per heavy atom. The summed E-state index contributed by atoms with van der Waals surface area (Å²) >= 11 is 0. The van der Waals surface area contributed by atoms with E-state index in [9.17, 15) is 9.18 Å². The Bertz CT molecular complexity index is 447. The van der Waals surface area contributed by atoms with E-state index >= 15 is 0 Å². The van der Waals surface area contributed by atoms with Gasteiger partial charge >= 0.3 is 5.97 Å². The van der Waals surface area contributed by atoms with Gasteiger partial charge in [-0.15, -0.1) is 5.73 Å². The second-order valence-corrected chi connectivity index (χ2v) is 3.50. The van der Waals surface area contributed by atoms with Crippen molar-refractivity contribution in [3.05, 3.63) is 47.0 Å². The highest BCUT2D eigenvalue weighted by Crippen LogP contribution is 2.16. The molecule has 1 aromatic rings. The molecule has 0 atom stereocenters. The summed E-state index contributed by atoms with van der Waals surface area (Å²) in [5.41, 5.74) is 4.65. The van der Waals surface area contributed by atoms with Gasteiger partial charge in [-0.1, -0.05) is 12.1 Å². The number of rotatable bonds is 2. The monoisotopic (exact) mass is 220 g/mol. The van der Waals surface area contributed by atoms with Crippen LogP contribution in [0.1, 0.15) is 19.4 Å². The Labute approximate surface area is 94.0 Å². The molecule has 0 unspecified atom stereocenters. The summed E-state index contributed by atoms with van der Waals surface area (Å²) in [7, 11) is 1.30. The fourth-order valence-electron chi connectivity index (χ4n) is 1.21. The van der Waals surface area contributed by atoms with E-state index in [1.165, 1.54) is 31.4 Å². The fraction of sp³-hybridized carbons (Fsp3) is 0.231. The number of esters is 1. The summed E-state index contributed by atoms with van der Waals surface area (Å²) < 4.78 is 17.4. The van der Waals surface area contributed by atoms with Gasteiger partial charge in [-0.25, -0.2) is 9.18 Å². The van der Waals surface area contributed by atoms with Crippen molar-refractivity contribution in [3.8, 4) is 0 Å². The normalized spacial score (nSPS) is 9.25. The third-order valence-corrected chi connectivity index (χ3v) is 1.90. The minimum atomic E-state index is -0.479. The van der Waals surface area contributed by atoms with E-state index in [2.05, 4.69) is 10.5 Å². The molecular formula is C13H13FO2. The predicted molar refractivity (Wildman–Crippen MR) is 60.2 cm³/mol. The van der Waals surface area contributed by atoms with E-state index in [1.54, 1.807) is 0 Å². The van der Waals surface area contributed by atoms with Gasteiger partial charge in [0.2, 0.25) is 0 Å². The van der Waals surface area contributed by atoms with Crippen LogP contribution in [0.3, 0.4) is 0 Å². The van der Waals surface area contributed by atoms with Crippen LogP contribution in [-0.4, -0.2) is 13.1 Å². The first-order valence-corrected chi connectivity index (χ1v) is 4.83. The van der Waals surface area contributed by atoms with E-state index in [4.69, 9.17) is 0 Å². The zero-order valence-electron chi connectivity index (χ0n) is 9.50. The van der Waals surface area contributed by atoms with Gasteiger partial charge in [0, 0.05) is 0 Å². The van der Waals surface area contributed by atoms with Crippen LogP contribution in [0.2, 0.25) is 0 Å². The van der Waals surface area contributed by atoms with E-state index in [0.29, 0.717) is 11.1 Å². The summed E-state index contributed by atoms with van der Waals surface area (Å²) in [5.74, 6) is -0.821. The SMILES string of the molecule is COC(=O)C(=C=C(C)C)c1ccc(F)cc1. The molecule has 0 fully saturated rings.